The summed E-state index contributed by atoms with van der Waals surface area (Å²) in [4.78, 5) is 2.41. The largest absolute Gasteiger partial charge is 0.489 e. The van der Waals surface area contributed by atoms with E-state index < -0.39 is 0 Å². The predicted molar refractivity (Wildman–Crippen MR) is 115 cm³/mol. The fraction of sp³-hybridized carbons (Fsp3) is 0.208. The smallest absolute Gasteiger partial charge is 0.120 e. The summed E-state index contributed by atoms with van der Waals surface area (Å²) in [7, 11) is 0. The van der Waals surface area contributed by atoms with Crippen molar-refractivity contribution in [3.8, 4) is 5.75 Å². The Kier molecular flexibility index (Phi) is 5.88. The molecule has 1 aliphatic heterocycles. The van der Waals surface area contributed by atoms with Crippen molar-refractivity contribution in [1.29, 1.82) is 0 Å². The van der Waals surface area contributed by atoms with Crippen LogP contribution in [0.4, 0.5) is 5.69 Å². The molecule has 0 atom stereocenters. The first-order chi connectivity index (χ1) is 13.9. The lowest BCUT2D eigenvalue weighted by atomic mass is 10.2. The van der Waals surface area contributed by atoms with Gasteiger partial charge in [-0.3, -0.25) is 5.01 Å². The van der Waals surface area contributed by atoms with Gasteiger partial charge in [-0.05, 0) is 35.4 Å². The molecule has 0 unspecified atom stereocenters. The average molecular weight is 371 g/mol. The number of para-hydroxylation sites is 1. The zero-order chi connectivity index (χ0) is 19.0. The molecule has 0 aliphatic carbocycles. The average Bonchev–Trinajstić information content (AvgIpc) is 2.78. The highest BCUT2D eigenvalue weighted by Crippen LogP contribution is 2.17. The zero-order valence-corrected chi connectivity index (χ0v) is 15.9. The number of piperazine rings is 1. The van der Waals surface area contributed by atoms with E-state index in [1.54, 1.807) is 0 Å². The Hall–Kier alpha value is -3.27. The van der Waals surface area contributed by atoms with Crippen LogP contribution in [0.15, 0.2) is 90.0 Å². The van der Waals surface area contributed by atoms with Gasteiger partial charge in [0.2, 0.25) is 0 Å². The molecule has 1 fully saturated rings. The summed E-state index contributed by atoms with van der Waals surface area (Å²) >= 11 is 0. The number of benzene rings is 3. The van der Waals surface area contributed by atoms with E-state index in [4.69, 9.17) is 4.74 Å². The topological polar surface area (TPSA) is 28.1 Å². The Bertz CT molecular complexity index is 888. The molecule has 3 aromatic rings. The monoisotopic (exact) mass is 371 g/mol. The highest BCUT2D eigenvalue weighted by molar-refractivity contribution is 5.80. The van der Waals surface area contributed by atoms with Crippen molar-refractivity contribution >= 4 is 11.9 Å². The molecular weight excluding hydrogens is 346 g/mol. The van der Waals surface area contributed by atoms with E-state index in [2.05, 4.69) is 63.5 Å². The van der Waals surface area contributed by atoms with E-state index in [1.165, 1.54) is 5.69 Å². The molecule has 0 saturated carbocycles. The van der Waals surface area contributed by atoms with Crippen LogP contribution in [0.3, 0.4) is 0 Å². The van der Waals surface area contributed by atoms with Crippen molar-refractivity contribution in [2.45, 2.75) is 6.61 Å². The maximum atomic E-state index is 5.91. The standard InChI is InChI=1S/C24H25N3O/c1-3-8-21(9-4-1)20-28-24-13-7-10-22(18-24)19-25-27-16-14-26(15-17-27)23-11-5-2-6-12-23/h1-13,18-19H,14-17,20H2/b25-19+. The molecule has 0 radical (unpaired) electrons. The van der Waals surface area contributed by atoms with Crippen molar-refractivity contribution in [1.82, 2.24) is 5.01 Å². The number of hydrazone groups is 1. The Morgan fingerprint density at radius 2 is 1.50 bits per heavy atom. The minimum absolute atomic E-state index is 0.572. The predicted octanol–water partition coefficient (Wildman–Crippen LogP) is 4.42. The number of rotatable bonds is 6. The van der Waals surface area contributed by atoms with Crippen LogP contribution in [-0.2, 0) is 6.61 Å². The molecule has 4 rings (SSSR count). The zero-order valence-electron chi connectivity index (χ0n) is 15.9. The minimum Gasteiger partial charge on any atom is -0.489 e. The third-order valence-corrected chi connectivity index (χ3v) is 4.85. The van der Waals surface area contributed by atoms with Gasteiger partial charge >= 0.3 is 0 Å². The summed E-state index contributed by atoms with van der Waals surface area (Å²) < 4.78 is 5.91. The summed E-state index contributed by atoms with van der Waals surface area (Å²) in [5.41, 5.74) is 3.50. The van der Waals surface area contributed by atoms with Crippen LogP contribution in [-0.4, -0.2) is 37.4 Å². The van der Waals surface area contributed by atoms with Gasteiger partial charge in [-0.25, -0.2) is 0 Å². The van der Waals surface area contributed by atoms with Gasteiger partial charge < -0.3 is 9.64 Å². The SMILES string of the molecule is C(=N\N1CCN(c2ccccc2)CC1)/c1cccc(OCc2ccccc2)c1. The maximum Gasteiger partial charge on any atom is 0.120 e. The van der Waals surface area contributed by atoms with Crippen molar-refractivity contribution in [3.63, 3.8) is 0 Å². The molecule has 0 bridgehead atoms. The molecule has 3 aromatic carbocycles. The summed E-state index contributed by atoms with van der Waals surface area (Å²) in [5, 5.41) is 6.80. The van der Waals surface area contributed by atoms with Crippen LogP contribution in [0.1, 0.15) is 11.1 Å². The van der Waals surface area contributed by atoms with E-state index in [0.29, 0.717) is 6.61 Å². The lowest BCUT2D eigenvalue weighted by molar-refractivity contribution is 0.272. The van der Waals surface area contributed by atoms with Crippen LogP contribution in [0.2, 0.25) is 0 Å². The first-order valence-corrected chi connectivity index (χ1v) is 9.72. The van der Waals surface area contributed by atoms with Crippen molar-refractivity contribution < 1.29 is 4.74 Å². The van der Waals surface area contributed by atoms with Crippen molar-refractivity contribution in [3.05, 3.63) is 96.1 Å². The Morgan fingerprint density at radius 1 is 0.786 bits per heavy atom. The van der Waals surface area contributed by atoms with Crippen molar-refractivity contribution in [2.24, 2.45) is 5.10 Å². The Labute approximate surface area is 166 Å². The molecule has 1 heterocycles. The van der Waals surface area contributed by atoms with E-state index in [1.807, 2.05) is 42.6 Å². The van der Waals surface area contributed by atoms with Gasteiger partial charge in [0, 0.05) is 18.8 Å². The number of hydrogen-bond donors (Lipinski definition) is 0. The summed E-state index contributed by atoms with van der Waals surface area (Å²) in [6, 6.07) is 28.9. The molecule has 28 heavy (non-hydrogen) atoms. The number of nitrogens with zero attached hydrogens (tertiary/aromatic N) is 3. The highest BCUT2D eigenvalue weighted by atomic mass is 16.5. The molecule has 4 nitrogen and oxygen atoms in total. The van der Waals surface area contributed by atoms with Gasteiger partial charge in [0.25, 0.3) is 0 Å². The first kappa shape index (κ1) is 18.1. The van der Waals surface area contributed by atoms with E-state index in [9.17, 15) is 0 Å². The van der Waals surface area contributed by atoms with Crippen LogP contribution >= 0.6 is 0 Å². The number of ether oxygens (including phenoxy) is 1. The fourth-order valence-corrected chi connectivity index (χ4v) is 3.28. The van der Waals surface area contributed by atoms with Gasteiger partial charge in [-0.2, -0.15) is 5.10 Å². The second-order valence-electron chi connectivity index (χ2n) is 6.87. The Balaban J connectivity index is 1.30. The van der Waals surface area contributed by atoms with Crippen LogP contribution < -0.4 is 9.64 Å². The van der Waals surface area contributed by atoms with Crippen LogP contribution in [0.25, 0.3) is 0 Å². The van der Waals surface area contributed by atoms with E-state index >= 15 is 0 Å². The van der Waals surface area contributed by atoms with Gasteiger partial charge in [0.15, 0.2) is 0 Å². The molecule has 0 N–H and O–H groups in total. The minimum atomic E-state index is 0.572. The second kappa shape index (κ2) is 9.09. The molecule has 142 valence electrons. The third-order valence-electron chi connectivity index (χ3n) is 4.85. The second-order valence-corrected chi connectivity index (χ2v) is 6.87. The summed E-state index contributed by atoms with van der Waals surface area (Å²) in [6.07, 6.45) is 1.92. The normalized spacial score (nSPS) is 14.4. The van der Waals surface area contributed by atoms with E-state index in [-0.39, 0.29) is 0 Å². The lowest BCUT2D eigenvalue weighted by Crippen LogP contribution is -2.44. The molecule has 0 amide bonds. The number of hydrogen-bond acceptors (Lipinski definition) is 4. The van der Waals surface area contributed by atoms with E-state index in [0.717, 1.165) is 43.1 Å². The first-order valence-electron chi connectivity index (χ1n) is 9.72. The summed E-state index contributed by atoms with van der Waals surface area (Å²) in [6.45, 7) is 4.40. The maximum absolute atomic E-state index is 5.91. The third kappa shape index (κ3) is 4.92. The molecule has 4 heteroatoms. The Morgan fingerprint density at radius 3 is 2.25 bits per heavy atom. The highest BCUT2D eigenvalue weighted by Gasteiger charge is 2.15. The van der Waals surface area contributed by atoms with Gasteiger partial charge in [-0.1, -0.05) is 60.7 Å². The quantitative estimate of drug-likeness (QED) is 0.601. The molecule has 0 aromatic heterocycles. The van der Waals surface area contributed by atoms with Crippen LogP contribution in [0, 0.1) is 0 Å². The molecule has 1 saturated heterocycles. The fourth-order valence-electron chi connectivity index (χ4n) is 3.28. The van der Waals surface area contributed by atoms with Gasteiger partial charge in [0.05, 0.1) is 19.3 Å². The number of anilines is 1. The molecule has 0 spiro atoms. The van der Waals surface area contributed by atoms with Crippen LogP contribution in [0.5, 0.6) is 5.75 Å². The van der Waals surface area contributed by atoms with Gasteiger partial charge in [-0.15, -0.1) is 0 Å². The lowest BCUT2D eigenvalue weighted by Gasteiger charge is -2.34. The summed E-state index contributed by atoms with van der Waals surface area (Å²) in [5.74, 6) is 0.863. The van der Waals surface area contributed by atoms with Gasteiger partial charge in [0.1, 0.15) is 12.4 Å². The molecule has 1 aliphatic rings. The van der Waals surface area contributed by atoms with Crippen molar-refractivity contribution in [2.75, 3.05) is 31.1 Å². The molecular formula is C24H25N3O.